The Bertz CT molecular complexity index is 1290. The van der Waals surface area contributed by atoms with Gasteiger partial charge in [-0.3, -0.25) is 9.69 Å². The standard InChI is InChI=1S/C26H25ClF3N3O3/c27-20-4-1-18(2-5-20)14-33-15-22(21-6-3-19(13-31)11-23(21)33)25(36,26(28,29)30)16-32-9-7-17(8-10-32)12-24(34)35/h1-6,11,15,17,36H,7-10,12,14,16H2,(H,34,35). The quantitative estimate of drug-likeness (QED) is 0.450. The molecule has 6 nitrogen and oxygen atoms in total. The van der Waals surface area contributed by atoms with Gasteiger partial charge >= 0.3 is 12.1 Å². The van der Waals surface area contributed by atoms with Crippen molar-refractivity contribution in [2.45, 2.75) is 37.6 Å². The van der Waals surface area contributed by atoms with Crippen molar-refractivity contribution in [2.24, 2.45) is 5.92 Å². The van der Waals surface area contributed by atoms with E-state index >= 15 is 0 Å². The lowest BCUT2D eigenvalue weighted by Crippen LogP contribution is -2.52. The van der Waals surface area contributed by atoms with Gasteiger partial charge in [0.15, 0.2) is 0 Å². The third-order valence-electron chi connectivity index (χ3n) is 6.81. The van der Waals surface area contributed by atoms with Crippen LogP contribution in [0.1, 0.15) is 36.0 Å². The van der Waals surface area contributed by atoms with E-state index in [9.17, 15) is 28.3 Å². The molecule has 0 saturated carbocycles. The lowest BCUT2D eigenvalue weighted by atomic mass is 9.89. The third-order valence-corrected chi connectivity index (χ3v) is 7.07. The first-order chi connectivity index (χ1) is 17.0. The Morgan fingerprint density at radius 2 is 1.81 bits per heavy atom. The van der Waals surface area contributed by atoms with Gasteiger partial charge in [-0.05, 0) is 61.7 Å². The second kappa shape index (κ2) is 10.1. The number of carbonyl (C=O) groups is 1. The maximum atomic E-state index is 14.5. The summed E-state index contributed by atoms with van der Waals surface area (Å²) in [5, 5.41) is 30.4. The van der Waals surface area contributed by atoms with E-state index < -0.39 is 24.3 Å². The summed E-state index contributed by atoms with van der Waals surface area (Å²) in [6.07, 6.45) is -2.78. The minimum absolute atomic E-state index is 0.0171. The smallest absolute Gasteiger partial charge is 0.422 e. The molecule has 3 aromatic rings. The number of carboxylic acid groups (broad SMARTS) is 1. The Morgan fingerprint density at radius 3 is 2.39 bits per heavy atom. The van der Waals surface area contributed by atoms with E-state index in [2.05, 4.69) is 0 Å². The van der Waals surface area contributed by atoms with Gasteiger partial charge in [0.05, 0.1) is 17.1 Å². The van der Waals surface area contributed by atoms with Crippen molar-refractivity contribution in [3.05, 3.63) is 70.4 Å². The summed E-state index contributed by atoms with van der Waals surface area (Å²) in [5.74, 6) is -1.02. The summed E-state index contributed by atoms with van der Waals surface area (Å²) in [6.45, 7) is 0.0735. The van der Waals surface area contributed by atoms with Gasteiger partial charge in [0, 0.05) is 41.7 Å². The number of rotatable bonds is 7. The normalized spacial score (nSPS) is 17.1. The minimum Gasteiger partial charge on any atom is -0.481 e. The van der Waals surface area contributed by atoms with E-state index in [1.807, 2.05) is 6.07 Å². The highest BCUT2D eigenvalue weighted by Crippen LogP contribution is 2.44. The average Bonchev–Trinajstić information content (AvgIpc) is 3.18. The molecule has 10 heteroatoms. The minimum atomic E-state index is -4.97. The highest BCUT2D eigenvalue weighted by Gasteiger charge is 2.57. The van der Waals surface area contributed by atoms with Gasteiger partial charge in [0.25, 0.3) is 0 Å². The molecule has 1 saturated heterocycles. The Morgan fingerprint density at radius 1 is 1.14 bits per heavy atom. The Balaban J connectivity index is 1.72. The summed E-state index contributed by atoms with van der Waals surface area (Å²) in [5.41, 5.74) is -1.95. The molecule has 1 unspecified atom stereocenters. The number of likely N-dealkylation sites (tertiary alicyclic amines) is 1. The fourth-order valence-electron chi connectivity index (χ4n) is 4.86. The molecule has 4 rings (SSSR count). The van der Waals surface area contributed by atoms with Crippen LogP contribution in [-0.2, 0) is 16.9 Å². The molecule has 1 aromatic heterocycles. The predicted octanol–water partition coefficient (Wildman–Crippen LogP) is 5.15. The van der Waals surface area contributed by atoms with Crippen molar-refractivity contribution in [1.82, 2.24) is 9.47 Å². The number of hydrogen-bond donors (Lipinski definition) is 2. The van der Waals surface area contributed by atoms with Crippen LogP contribution in [0, 0.1) is 17.2 Å². The first-order valence-electron chi connectivity index (χ1n) is 11.5. The number of fused-ring (bicyclic) bond motifs is 1. The SMILES string of the molecule is N#Cc1ccc2c(C(O)(CN3CCC(CC(=O)O)CC3)C(F)(F)F)cn(Cc3ccc(Cl)cc3)c2c1. The second-order valence-electron chi connectivity index (χ2n) is 9.32. The summed E-state index contributed by atoms with van der Waals surface area (Å²) in [4.78, 5) is 12.5. The molecule has 0 bridgehead atoms. The van der Waals surface area contributed by atoms with Crippen LogP contribution in [0.25, 0.3) is 10.9 Å². The van der Waals surface area contributed by atoms with Crippen LogP contribution in [0.3, 0.4) is 0 Å². The molecule has 1 fully saturated rings. The van der Waals surface area contributed by atoms with Crippen LogP contribution in [0.15, 0.2) is 48.7 Å². The highest BCUT2D eigenvalue weighted by molar-refractivity contribution is 6.30. The van der Waals surface area contributed by atoms with Crippen LogP contribution in [0.4, 0.5) is 13.2 Å². The molecular formula is C26H25ClF3N3O3. The van der Waals surface area contributed by atoms with E-state index in [4.69, 9.17) is 16.7 Å². The maximum absolute atomic E-state index is 14.5. The molecule has 2 aromatic carbocycles. The van der Waals surface area contributed by atoms with Crippen molar-refractivity contribution in [2.75, 3.05) is 19.6 Å². The van der Waals surface area contributed by atoms with Gasteiger partial charge in [-0.15, -0.1) is 0 Å². The van der Waals surface area contributed by atoms with E-state index in [0.29, 0.717) is 28.9 Å². The zero-order valence-corrected chi connectivity index (χ0v) is 20.1. The number of aliphatic carboxylic acids is 1. The molecule has 2 N–H and O–H groups in total. The molecule has 0 aliphatic carbocycles. The first-order valence-corrected chi connectivity index (χ1v) is 11.9. The van der Waals surface area contributed by atoms with Gasteiger partial charge in [0.2, 0.25) is 5.60 Å². The van der Waals surface area contributed by atoms with E-state index in [0.717, 1.165) is 5.56 Å². The number of benzene rings is 2. The van der Waals surface area contributed by atoms with Crippen LogP contribution in [-0.4, -0.2) is 51.5 Å². The van der Waals surface area contributed by atoms with Gasteiger partial charge in [-0.25, -0.2) is 0 Å². The van der Waals surface area contributed by atoms with Crippen LogP contribution in [0.2, 0.25) is 5.02 Å². The average molecular weight is 520 g/mol. The lowest BCUT2D eigenvalue weighted by molar-refractivity contribution is -0.271. The molecule has 190 valence electrons. The van der Waals surface area contributed by atoms with E-state index in [-0.39, 0.29) is 42.9 Å². The van der Waals surface area contributed by atoms with Crippen LogP contribution < -0.4 is 0 Å². The number of aromatic nitrogens is 1. The predicted molar refractivity (Wildman–Crippen MR) is 129 cm³/mol. The van der Waals surface area contributed by atoms with Gasteiger partial charge in [-0.2, -0.15) is 18.4 Å². The van der Waals surface area contributed by atoms with Crippen molar-refractivity contribution in [3.63, 3.8) is 0 Å². The number of alkyl halides is 3. The van der Waals surface area contributed by atoms with Gasteiger partial charge in [0.1, 0.15) is 0 Å². The molecule has 1 aliphatic rings. The zero-order chi connectivity index (χ0) is 26.1. The number of nitriles is 1. The van der Waals surface area contributed by atoms with Gasteiger partial charge < -0.3 is 14.8 Å². The third kappa shape index (κ3) is 5.36. The monoisotopic (exact) mass is 519 g/mol. The fraction of sp³-hybridized carbons (Fsp3) is 0.385. The Labute approximate surface area is 211 Å². The van der Waals surface area contributed by atoms with Crippen molar-refractivity contribution in [1.29, 1.82) is 5.26 Å². The fourth-order valence-corrected chi connectivity index (χ4v) is 4.98. The second-order valence-corrected chi connectivity index (χ2v) is 9.75. The molecule has 1 atom stereocenters. The first kappa shape index (κ1) is 26.0. The molecule has 0 spiro atoms. The van der Waals surface area contributed by atoms with Crippen LogP contribution in [0.5, 0.6) is 0 Å². The zero-order valence-electron chi connectivity index (χ0n) is 19.3. The van der Waals surface area contributed by atoms with Crippen molar-refractivity contribution >= 4 is 28.5 Å². The van der Waals surface area contributed by atoms with Crippen LogP contribution >= 0.6 is 11.6 Å². The summed E-state index contributed by atoms with van der Waals surface area (Å²) >= 11 is 5.96. The molecule has 36 heavy (non-hydrogen) atoms. The topological polar surface area (TPSA) is 89.5 Å². The molecular weight excluding hydrogens is 495 g/mol. The largest absolute Gasteiger partial charge is 0.481 e. The van der Waals surface area contributed by atoms with Crippen molar-refractivity contribution < 1.29 is 28.2 Å². The number of carboxylic acids is 1. The number of hydrogen-bond acceptors (Lipinski definition) is 4. The lowest BCUT2D eigenvalue weighted by Gasteiger charge is -2.38. The summed E-state index contributed by atoms with van der Waals surface area (Å²) < 4.78 is 45.2. The number of piperidine rings is 1. The van der Waals surface area contributed by atoms with Crippen molar-refractivity contribution in [3.8, 4) is 6.07 Å². The molecule has 2 heterocycles. The van der Waals surface area contributed by atoms with E-state index in [1.54, 1.807) is 28.8 Å². The number of aliphatic hydroxyl groups is 1. The number of β-amino-alcohol motifs (C(OH)–C–C–N with tert-alkyl or cyclic N) is 1. The summed E-state index contributed by atoms with van der Waals surface area (Å²) in [7, 11) is 0. The highest BCUT2D eigenvalue weighted by atomic mass is 35.5. The molecule has 0 radical (unpaired) electrons. The number of halogens is 4. The maximum Gasteiger partial charge on any atom is 0.422 e. The Hall–Kier alpha value is -3.06. The van der Waals surface area contributed by atoms with Gasteiger partial charge in [-0.1, -0.05) is 29.8 Å². The number of nitrogens with zero attached hydrogens (tertiary/aromatic N) is 3. The Kier molecular flexibility index (Phi) is 7.32. The van der Waals surface area contributed by atoms with E-state index in [1.165, 1.54) is 29.3 Å². The molecule has 1 aliphatic heterocycles. The molecule has 0 amide bonds. The summed E-state index contributed by atoms with van der Waals surface area (Å²) in [6, 6.07) is 13.3.